The van der Waals surface area contributed by atoms with Gasteiger partial charge in [0.25, 0.3) is 5.91 Å². The highest BCUT2D eigenvalue weighted by molar-refractivity contribution is 8.18. The standard InChI is InChI=1S/C26H23N3O2S2/c1-17-12-14-32-23(17)15-24-25(30)29(13-11-18-16-27-22-6-4-3-5-21(18)22)26(33-24)28-19-7-9-20(31-2)10-8-19/h3-10,12,14-16,27H,11,13H2,1-2H3/b24-15-,28-26?. The van der Waals surface area contributed by atoms with E-state index in [2.05, 4.69) is 30.1 Å². The summed E-state index contributed by atoms with van der Waals surface area (Å²) in [7, 11) is 1.64. The van der Waals surface area contributed by atoms with E-state index in [1.807, 2.05) is 54.1 Å². The smallest absolute Gasteiger partial charge is 0.266 e. The third kappa shape index (κ3) is 4.47. The number of rotatable bonds is 6. The van der Waals surface area contributed by atoms with Gasteiger partial charge in [0.2, 0.25) is 0 Å². The molecule has 0 atom stereocenters. The number of carbonyl (C=O) groups is 1. The third-order valence-electron chi connectivity index (χ3n) is 5.63. The molecule has 2 aromatic heterocycles. The van der Waals surface area contributed by atoms with Gasteiger partial charge in [-0.2, -0.15) is 0 Å². The van der Waals surface area contributed by atoms with Crippen LogP contribution in [0.1, 0.15) is 16.0 Å². The Hall–Kier alpha value is -3.29. The molecule has 7 heteroatoms. The summed E-state index contributed by atoms with van der Waals surface area (Å²) in [6, 6.07) is 17.9. The van der Waals surface area contributed by atoms with E-state index in [0.29, 0.717) is 16.6 Å². The summed E-state index contributed by atoms with van der Waals surface area (Å²) < 4.78 is 5.25. The highest BCUT2D eigenvalue weighted by Crippen LogP contribution is 2.36. The zero-order chi connectivity index (χ0) is 22.8. The Kier molecular flexibility index (Phi) is 6.07. The molecule has 0 saturated carbocycles. The number of thioether (sulfide) groups is 1. The normalized spacial score (nSPS) is 16.4. The number of hydrogen-bond acceptors (Lipinski definition) is 5. The number of amides is 1. The molecule has 5 rings (SSSR count). The number of nitrogens with one attached hydrogen (secondary N) is 1. The minimum Gasteiger partial charge on any atom is -0.497 e. The van der Waals surface area contributed by atoms with Gasteiger partial charge in [0.15, 0.2) is 5.17 Å². The predicted molar refractivity (Wildman–Crippen MR) is 138 cm³/mol. The van der Waals surface area contributed by atoms with Crippen molar-refractivity contribution in [1.82, 2.24) is 9.88 Å². The number of aromatic nitrogens is 1. The maximum Gasteiger partial charge on any atom is 0.266 e. The molecule has 0 radical (unpaired) electrons. The number of para-hydroxylation sites is 1. The van der Waals surface area contributed by atoms with E-state index >= 15 is 0 Å². The van der Waals surface area contributed by atoms with Crippen LogP contribution in [0.15, 0.2) is 76.1 Å². The van der Waals surface area contributed by atoms with E-state index in [1.54, 1.807) is 23.3 Å². The molecule has 0 aliphatic carbocycles. The lowest BCUT2D eigenvalue weighted by atomic mass is 10.1. The number of amidine groups is 1. The van der Waals surface area contributed by atoms with Crippen molar-refractivity contribution in [2.75, 3.05) is 13.7 Å². The summed E-state index contributed by atoms with van der Waals surface area (Å²) in [6.07, 6.45) is 4.76. The number of ether oxygens (including phenoxy) is 1. The highest BCUT2D eigenvalue weighted by atomic mass is 32.2. The van der Waals surface area contributed by atoms with Gasteiger partial charge in [0.05, 0.1) is 17.7 Å². The highest BCUT2D eigenvalue weighted by Gasteiger charge is 2.33. The Bertz CT molecular complexity index is 1370. The average Bonchev–Trinajstić information content (AvgIpc) is 3.52. The number of carbonyl (C=O) groups excluding carboxylic acids is 1. The fraction of sp³-hybridized carbons (Fsp3) is 0.154. The minimum atomic E-state index is -0.0000899. The first-order valence-electron chi connectivity index (χ1n) is 10.7. The maximum atomic E-state index is 13.4. The number of H-pyrrole nitrogens is 1. The SMILES string of the molecule is COc1ccc(N=C2S/C(=C\c3sccc3C)C(=O)N2CCc2c[nH]c3ccccc23)cc1. The van der Waals surface area contributed by atoms with Crippen molar-refractivity contribution in [2.24, 2.45) is 4.99 Å². The van der Waals surface area contributed by atoms with Crippen LogP contribution >= 0.6 is 23.1 Å². The number of aromatic amines is 1. The molecule has 1 fully saturated rings. The molecule has 1 N–H and O–H groups in total. The van der Waals surface area contributed by atoms with Crippen molar-refractivity contribution in [3.05, 3.63) is 87.1 Å². The predicted octanol–water partition coefficient (Wildman–Crippen LogP) is 6.39. The summed E-state index contributed by atoms with van der Waals surface area (Å²) in [5.41, 5.74) is 4.26. The molecule has 1 aliphatic rings. The van der Waals surface area contributed by atoms with Crippen LogP contribution in [-0.2, 0) is 11.2 Å². The molecule has 0 unspecified atom stereocenters. The molecule has 33 heavy (non-hydrogen) atoms. The molecule has 3 heterocycles. The van der Waals surface area contributed by atoms with Gasteiger partial charge in [-0.25, -0.2) is 4.99 Å². The Morgan fingerprint density at radius 1 is 1.12 bits per heavy atom. The second-order valence-electron chi connectivity index (χ2n) is 7.74. The molecular formula is C26H23N3O2S2. The Morgan fingerprint density at radius 2 is 1.94 bits per heavy atom. The van der Waals surface area contributed by atoms with Gasteiger partial charge in [0, 0.05) is 28.5 Å². The van der Waals surface area contributed by atoms with Crippen LogP contribution in [0.2, 0.25) is 0 Å². The van der Waals surface area contributed by atoms with E-state index in [4.69, 9.17) is 9.73 Å². The molecule has 4 aromatic rings. The molecular weight excluding hydrogens is 450 g/mol. The van der Waals surface area contributed by atoms with Gasteiger partial charge >= 0.3 is 0 Å². The molecule has 1 amide bonds. The van der Waals surface area contributed by atoms with Gasteiger partial charge in [-0.3, -0.25) is 9.69 Å². The monoisotopic (exact) mass is 473 g/mol. The maximum absolute atomic E-state index is 13.4. The Balaban J connectivity index is 1.45. The molecule has 1 aliphatic heterocycles. The fourth-order valence-corrected chi connectivity index (χ4v) is 5.72. The quantitative estimate of drug-likeness (QED) is 0.330. The van der Waals surface area contributed by atoms with Crippen LogP contribution in [0.25, 0.3) is 17.0 Å². The molecule has 166 valence electrons. The van der Waals surface area contributed by atoms with Crippen LogP contribution in [0.5, 0.6) is 5.75 Å². The van der Waals surface area contributed by atoms with Crippen LogP contribution in [0, 0.1) is 6.92 Å². The van der Waals surface area contributed by atoms with E-state index in [-0.39, 0.29) is 5.91 Å². The average molecular weight is 474 g/mol. The number of fused-ring (bicyclic) bond motifs is 1. The summed E-state index contributed by atoms with van der Waals surface area (Å²) >= 11 is 3.08. The lowest BCUT2D eigenvalue weighted by Gasteiger charge is -2.15. The zero-order valence-corrected chi connectivity index (χ0v) is 20.0. The zero-order valence-electron chi connectivity index (χ0n) is 18.4. The van der Waals surface area contributed by atoms with Gasteiger partial charge in [0.1, 0.15) is 5.75 Å². The number of methoxy groups -OCH3 is 1. The molecule has 2 aromatic carbocycles. The summed E-state index contributed by atoms with van der Waals surface area (Å²) in [5.74, 6) is 0.777. The van der Waals surface area contributed by atoms with E-state index in [9.17, 15) is 4.79 Å². The molecule has 0 spiro atoms. The van der Waals surface area contributed by atoms with Crippen molar-refractivity contribution in [2.45, 2.75) is 13.3 Å². The first-order valence-corrected chi connectivity index (χ1v) is 12.4. The number of hydrogen-bond donors (Lipinski definition) is 1. The first kappa shape index (κ1) is 21.6. The van der Waals surface area contributed by atoms with Gasteiger partial charge in [-0.05, 0) is 84.1 Å². The summed E-state index contributed by atoms with van der Waals surface area (Å²) in [4.78, 5) is 25.1. The van der Waals surface area contributed by atoms with Crippen LogP contribution < -0.4 is 4.74 Å². The van der Waals surface area contributed by atoms with Crippen molar-refractivity contribution in [3.8, 4) is 5.75 Å². The van der Waals surface area contributed by atoms with Crippen molar-refractivity contribution < 1.29 is 9.53 Å². The first-order chi connectivity index (χ1) is 16.1. The molecule has 0 bridgehead atoms. The van der Waals surface area contributed by atoms with Crippen LogP contribution in [0.4, 0.5) is 5.69 Å². The summed E-state index contributed by atoms with van der Waals surface area (Å²) in [6.45, 7) is 2.62. The molecule has 5 nitrogen and oxygen atoms in total. The van der Waals surface area contributed by atoms with E-state index in [0.717, 1.165) is 28.3 Å². The van der Waals surface area contributed by atoms with Gasteiger partial charge in [-0.1, -0.05) is 18.2 Å². The minimum absolute atomic E-state index is 0.0000899. The van der Waals surface area contributed by atoms with Crippen molar-refractivity contribution >= 4 is 56.8 Å². The van der Waals surface area contributed by atoms with Crippen molar-refractivity contribution in [3.63, 3.8) is 0 Å². The lowest BCUT2D eigenvalue weighted by Crippen LogP contribution is -2.31. The van der Waals surface area contributed by atoms with E-state index in [1.165, 1.54) is 28.3 Å². The number of aryl methyl sites for hydroxylation is 1. The Morgan fingerprint density at radius 3 is 2.70 bits per heavy atom. The second kappa shape index (κ2) is 9.29. The summed E-state index contributed by atoms with van der Waals surface area (Å²) in [5, 5.41) is 3.94. The van der Waals surface area contributed by atoms with Crippen LogP contribution in [-0.4, -0.2) is 34.6 Å². The number of thiophene rings is 1. The number of nitrogens with zero attached hydrogens (tertiary/aromatic N) is 2. The Labute approximate surface area is 200 Å². The van der Waals surface area contributed by atoms with Crippen molar-refractivity contribution in [1.29, 1.82) is 0 Å². The second-order valence-corrected chi connectivity index (χ2v) is 9.69. The fourth-order valence-electron chi connectivity index (χ4n) is 3.78. The van der Waals surface area contributed by atoms with Crippen LogP contribution in [0.3, 0.4) is 0 Å². The van der Waals surface area contributed by atoms with E-state index < -0.39 is 0 Å². The van der Waals surface area contributed by atoms with Gasteiger partial charge < -0.3 is 9.72 Å². The molecule has 1 saturated heterocycles. The third-order valence-corrected chi connectivity index (χ3v) is 7.60. The lowest BCUT2D eigenvalue weighted by molar-refractivity contribution is -0.122. The number of aliphatic imine (C=N–C) groups is 1. The van der Waals surface area contributed by atoms with Gasteiger partial charge in [-0.15, -0.1) is 11.3 Å². The number of benzene rings is 2. The topological polar surface area (TPSA) is 57.7 Å². The largest absolute Gasteiger partial charge is 0.497 e.